The maximum atomic E-state index is 12.5. The van der Waals surface area contributed by atoms with E-state index in [2.05, 4.69) is 4.98 Å². The largest absolute Gasteiger partial charge is 0.497 e. The quantitative estimate of drug-likeness (QED) is 0.646. The predicted octanol–water partition coefficient (Wildman–Crippen LogP) is 5.00. The van der Waals surface area contributed by atoms with Gasteiger partial charge in [-0.25, -0.2) is 4.79 Å². The molecule has 4 rings (SSSR count). The number of aromatic nitrogens is 1. The molecule has 0 fully saturated rings. The topological polar surface area (TPSA) is 60.6 Å². The molecule has 1 aliphatic heterocycles. The molecule has 0 bridgehead atoms. The van der Waals surface area contributed by atoms with Gasteiger partial charge in [-0.3, -0.25) is 0 Å². The Morgan fingerprint density at radius 1 is 1.19 bits per heavy atom. The van der Waals surface area contributed by atoms with Crippen molar-refractivity contribution in [2.45, 2.75) is 13.5 Å². The second-order valence-corrected chi connectivity index (χ2v) is 6.82. The lowest BCUT2D eigenvalue weighted by molar-refractivity contribution is 0.0596. The molecule has 1 aliphatic rings. The van der Waals surface area contributed by atoms with E-state index in [0.717, 1.165) is 33.7 Å². The minimum atomic E-state index is -0.451. The van der Waals surface area contributed by atoms with E-state index in [9.17, 15) is 4.79 Å². The van der Waals surface area contributed by atoms with Gasteiger partial charge in [-0.1, -0.05) is 23.2 Å². The summed E-state index contributed by atoms with van der Waals surface area (Å²) in [5, 5.41) is 0.517. The molecule has 138 valence electrons. The molecular weight excluding hydrogens is 366 g/mol. The summed E-state index contributed by atoms with van der Waals surface area (Å²) in [6.07, 6.45) is 0. The van der Waals surface area contributed by atoms with Crippen LogP contribution in [0.3, 0.4) is 0 Å². The van der Waals surface area contributed by atoms with Gasteiger partial charge in [0, 0.05) is 21.7 Å². The number of ether oxygens (including phenoxy) is 3. The summed E-state index contributed by atoms with van der Waals surface area (Å²) in [4.78, 5) is 15.7. The Balaban J connectivity index is 2.00. The van der Waals surface area contributed by atoms with E-state index in [0.29, 0.717) is 28.6 Å². The maximum absolute atomic E-state index is 12.5. The fraction of sp³-hybridized carbons (Fsp3) is 0.190. The average molecular weight is 384 g/mol. The minimum absolute atomic E-state index is 0.336. The SMILES string of the molecule is COC(=O)c1[nH]c2c(c1-c1cc(Cl)cc(OC)c1)COc1ccc(C)cc1-2. The second kappa shape index (κ2) is 6.67. The summed E-state index contributed by atoms with van der Waals surface area (Å²) in [5.41, 5.74) is 5.60. The Morgan fingerprint density at radius 2 is 2.00 bits per heavy atom. The van der Waals surface area contributed by atoms with Crippen molar-refractivity contribution in [1.29, 1.82) is 0 Å². The molecule has 1 aromatic heterocycles. The van der Waals surface area contributed by atoms with Gasteiger partial charge in [0.25, 0.3) is 0 Å². The van der Waals surface area contributed by atoms with Crippen LogP contribution >= 0.6 is 11.6 Å². The lowest BCUT2D eigenvalue weighted by Gasteiger charge is -2.19. The summed E-state index contributed by atoms with van der Waals surface area (Å²) in [6, 6.07) is 11.3. The standard InChI is InChI=1S/C21H18ClNO4/c1-11-4-5-17-15(6-11)19-16(10-27-17)18(20(23-19)21(24)26-3)12-7-13(22)9-14(8-12)25-2/h4-9,23H,10H2,1-3H3. The molecule has 27 heavy (non-hydrogen) atoms. The molecule has 0 spiro atoms. The van der Waals surface area contributed by atoms with Crippen molar-refractivity contribution in [1.82, 2.24) is 4.98 Å². The van der Waals surface area contributed by atoms with E-state index >= 15 is 0 Å². The molecule has 0 atom stereocenters. The first-order chi connectivity index (χ1) is 13.0. The number of halogens is 1. The van der Waals surface area contributed by atoms with Crippen molar-refractivity contribution in [2.75, 3.05) is 14.2 Å². The Bertz CT molecular complexity index is 1050. The molecule has 3 aromatic rings. The van der Waals surface area contributed by atoms with Gasteiger partial charge in [-0.05, 0) is 42.8 Å². The number of esters is 1. The third-order valence-electron chi connectivity index (χ3n) is 4.67. The molecule has 6 heteroatoms. The molecule has 0 saturated carbocycles. The second-order valence-electron chi connectivity index (χ2n) is 6.39. The molecule has 0 aliphatic carbocycles. The number of methoxy groups -OCH3 is 2. The monoisotopic (exact) mass is 383 g/mol. The van der Waals surface area contributed by atoms with Crippen LogP contribution in [0.25, 0.3) is 22.4 Å². The molecular formula is C21H18ClNO4. The van der Waals surface area contributed by atoms with Crippen molar-refractivity contribution in [3.63, 3.8) is 0 Å². The highest BCUT2D eigenvalue weighted by Crippen LogP contribution is 2.44. The highest BCUT2D eigenvalue weighted by Gasteiger charge is 2.29. The molecule has 0 unspecified atom stereocenters. The third-order valence-corrected chi connectivity index (χ3v) is 4.88. The Kier molecular flexibility index (Phi) is 4.32. The zero-order valence-corrected chi connectivity index (χ0v) is 15.9. The third kappa shape index (κ3) is 2.94. The Hall–Kier alpha value is -2.92. The predicted molar refractivity (Wildman–Crippen MR) is 104 cm³/mol. The van der Waals surface area contributed by atoms with Gasteiger partial charge in [-0.2, -0.15) is 0 Å². The summed E-state index contributed by atoms with van der Waals surface area (Å²) >= 11 is 6.26. The van der Waals surface area contributed by atoms with Crippen molar-refractivity contribution >= 4 is 17.6 Å². The molecule has 5 nitrogen and oxygen atoms in total. The Morgan fingerprint density at radius 3 is 2.74 bits per heavy atom. The average Bonchev–Trinajstić information content (AvgIpc) is 3.06. The van der Waals surface area contributed by atoms with Crippen molar-refractivity contribution < 1.29 is 19.0 Å². The van der Waals surface area contributed by atoms with Crippen LogP contribution < -0.4 is 9.47 Å². The zero-order valence-electron chi connectivity index (χ0n) is 15.2. The number of carbonyl (C=O) groups excluding carboxylic acids is 1. The number of nitrogens with one attached hydrogen (secondary N) is 1. The molecule has 2 heterocycles. The zero-order chi connectivity index (χ0) is 19.1. The molecule has 0 radical (unpaired) electrons. The molecule has 0 amide bonds. The van der Waals surface area contributed by atoms with Crippen molar-refractivity contribution in [2.24, 2.45) is 0 Å². The fourth-order valence-corrected chi connectivity index (χ4v) is 3.65. The van der Waals surface area contributed by atoms with Gasteiger partial charge in [0.15, 0.2) is 0 Å². The van der Waals surface area contributed by atoms with E-state index in [1.807, 2.05) is 31.2 Å². The number of carbonyl (C=O) groups is 1. The van der Waals surface area contributed by atoms with E-state index in [4.69, 9.17) is 25.8 Å². The van der Waals surface area contributed by atoms with Crippen LogP contribution in [0, 0.1) is 6.92 Å². The molecule has 1 N–H and O–H groups in total. The van der Waals surface area contributed by atoms with Gasteiger partial charge < -0.3 is 19.2 Å². The number of fused-ring (bicyclic) bond motifs is 3. The fourth-order valence-electron chi connectivity index (χ4n) is 3.43. The normalized spacial score (nSPS) is 12.0. The van der Waals surface area contributed by atoms with Crippen molar-refractivity contribution in [3.8, 4) is 33.9 Å². The van der Waals surface area contributed by atoms with Gasteiger partial charge >= 0.3 is 5.97 Å². The molecule has 0 saturated heterocycles. The van der Waals surface area contributed by atoms with E-state index in [1.54, 1.807) is 19.2 Å². The van der Waals surface area contributed by atoms with E-state index in [-0.39, 0.29) is 0 Å². The van der Waals surface area contributed by atoms with E-state index < -0.39 is 5.97 Å². The van der Waals surface area contributed by atoms with Crippen LogP contribution in [0.1, 0.15) is 21.6 Å². The number of hydrogen-bond acceptors (Lipinski definition) is 4. The minimum Gasteiger partial charge on any atom is -0.497 e. The lowest BCUT2D eigenvalue weighted by atomic mass is 9.95. The summed E-state index contributed by atoms with van der Waals surface area (Å²) < 4.78 is 16.3. The maximum Gasteiger partial charge on any atom is 0.355 e. The van der Waals surface area contributed by atoms with Crippen LogP contribution in [0.2, 0.25) is 5.02 Å². The summed E-state index contributed by atoms with van der Waals surface area (Å²) in [5.74, 6) is 0.935. The van der Waals surface area contributed by atoms with E-state index in [1.165, 1.54) is 7.11 Å². The number of H-pyrrole nitrogens is 1. The number of aryl methyl sites for hydroxylation is 1. The van der Waals surface area contributed by atoms with Crippen LogP contribution in [0.4, 0.5) is 0 Å². The number of benzene rings is 2. The lowest BCUT2D eigenvalue weighted by Crippen LogP contribution is -2.06. The first kappa shape index (κ1) is 17.5. The summed E-state index contributed by atoms with van der Waals surface area (Å²) in [6.45, 7) is 2.35. The van der Waals surface area contributed by atoms with Crippen LogP contribution in [0.5, 0.6) is 11.5 Å². The molecule has 2 aromatic carbocycles. The highest BCUT2D eigenvalue weighted by molar-refractivity contribution is 6.31. The number of rotatable bonds is 3. The first-order valence-electron chi connectivity index (χ1n) is 8.43. The van der Waals surface area contributed by atoms with Gasteiger partial charge in [0.2, 0.25) is 0 Å². The smallest absolute Gasteiger partial charge is 0.355 e. The number of aromatic amines is 1. The van der Waals surface area contributed by atoms with Crippen LogP contribution in [-0.2, 0) is 11.3 Å². The van der Waals surface area contributed by atoms with Gasteiger partial charge in [0.1, 0.15) is 23.8 Å². The first-order valence-corrected chi connectivity index (χ1v) is 8.81. The van der Waals surface area contributed by atoms with Crippen LogP contribution in [0.15, 0.2) is 36.4 Å². The summed E-state index contributed by atoms with van der Waals surface area (Å²) in [7, 11) is 2.93. The van der Waals surface area contributed by atoms with Crippen molar-refractivity contribution in [3.05, 3.63) is 58.2 Å². The number of hydrogen-bond donors (Lipinski definition) is 1. The van der Waals surface area contributed by atoms with Gasteiger partial charge in [-0.15, -0.1) is 0 Å². The van der Waals surface area contributed by atoms with Crippen LogP contribution in [-0.4, -0.2) is 25.2 Å². The highest BCUT2D eigenvalue weighted by atomic mass is 35.5. The Labute approximate surface area is 161 Å². The van der Waals surface area contributed by atoms with Gasteiger partial charge in [0.05, 0.1) is 19.9 Å².